The Labute approximate surface area is 105 Å². The quantitative estimate of drug-likeness (QED) is 0.838. The van der Waals surface area contributed by atoms with Gasteiger partial charge < -0.3 is 15.4 Å². The number of morpholine rings is 1. The fourth-order valence-electron chi connectivity index (χ4n) is 1.79. The summed E-state index contributed by atoms with van der Waals surface area (Å²) in [6.07, 6.45) is 0. The summed E-state index contributed by atoms with van der Waals surface area (Å²) in [6, 6.07) is 1.91. The van der Waals surface area contributed by atoms with E-state index >= 15 is 0 Å². The van der Waals surface area contributed by atoms with Crippen LogP contribution < -0.4 is 10.6 Å². The summed E-state index contributed by atoms with van der Waals surface area (Å²) in [5.41, 5.74) is 6.53. The molecule has 1 aromatic heterocycles. The normalized spacial score (nSPS) is 16.5. The summed E-state index contributed by atoms with van der Waals surface area (Å²) in [5, 5.41) is 1.08. The molecule has 5 heteroatoms. The smallest absolute Gasteiger partial charge is 0.177 e. The third-order valence-electron chi connectivity index (χ3n) is 2.82. The molecule has 0 aromatic carbocycles. The van der Waals surface area contributed by atoms with Gasteiger partial charge in [0.25, 0.3) is 0 Å². The standard InChI is InChI=1S/C12H18N2O2S/c1-8(2)11(15)12-9(13)7-10(17-12)14-3-5-16-6-4-14/h7-8H,3-6,13H2,1-2H3. The highest BCUT2D eigenvalue weighted by molar-refractivity contribution is 7.18. The van der Waals surface area contributed by atoms with E-state index in [-0.39, 0.29) is 11.7 Å². The molecule has 2 N–H and O–H groups in total. The summed E-state index contributed by atoms with van der Waals surface area (Å²) >= 11 is 1.50. The zero-order chi connectivity index (χ0) is 12.4. The van der Waals surface area contributed by atoms with E-state index in [9.17, 15) is 4.79 Å². The number of hydrogen-bond acceptors (Lipinski definition) is 5. The number of nitrogens with zero attached hydrogens (tertiary/aromatic N) is 1. The number of anilines is 2. The van der Waals surface area contributed by atoms with Crippen LogP contribution in [0.25, 0.3) is 0 Å². The van der Waals surface area contributed by atoms with E-state index in [1.807, 2.05) is 19.9 Å². The van der Waals surface area contributed by atoms with Crippen molar-refractivity contribution in [1.82, 2.24) is 0 Å². The van der Waals surface area contributed by atoms with Gasteiger partial charge in [0, 0.05) is 19.0 Å². The first-order valence-corrected chi connectivity index (χ1v) is 6.67. The molecule has 2 heterocycles. The van der Waals surface area contributed by atoms with E-state index in [0.717, 1.165) is 31.3 Å². The van der Waals surface area contributed by atoms with Crippen LogP contribution >= 0.6 is 11.3 Å². The molecule has 94 valence electrons. The number of thiophene rings is 1. The predicted octanol–water partition coefficient (Wildman–Crippen LogP) is 2.01. The zero-order valence-electron chi connectivity index (χ0n) is 10.2. The second kappa shape index (κ2) is 5.06. The number of ketones is 1. The number of hydrogen-bond donors (Lipinski definition) is 1. The van der Waals surface area contributed by atoms with Gasteiger partial charge in [0.1, 0.15) is 0 Å². The monoisotopic (exact) mass is 254 g/mol. The van der Waals surface area contributed by atoms with Crippen LogP contribution in [0.15, 0.2) is 6.07 Å². The highest BCUT2D eigenvalue weighted by Gasteiger charge is 2.20. The molecule has 0 unspecified atom stereocenters. The van der Waals surface area contributed by atoms with Crippen molar-refractivity contribution in [3.05, 3.63) is 10.9 Å². The van der Waals surface area contributed by atoms with Crippen molar-refractivity contribution in [2.75, 3.05) is 36.9 Å². The van der Waals surface area contributed by atoms with Crippen LogP contribution in [0.4, 0.5) is 10.7 Å². The Morgan fingerprint density at radius 3 is 2.71 bits per heavy atom. The molecule has 0 radical (unpaired) electrons. The van der Waals surface area contributed by atoms with Crippen LogP contribution in [-0.4, -0.2) is 32.1 Å². The summed E-state index contributed by atoms with van der Waals surface area (Å²) in [6.45, 7) is 7.02. The van der Waals surface area contributed by atoms with E-state index < -0.39 is 0 Å². The molecule has 1 saturated heterocycles. The van der Waals surface area contributed by atoms with Gasteiger partial charge >= 0.3 is 0 Å². The minimum absolute atomic E-state index is 0.00603. The lowest BCUT2D eigenvalue weighted by Gasteiger charge is -2.27. The fraction of sp³-hybridized carbons (Fsp3) is 0.583. The van der Waals surface area contributed by atoms with E-state index in [2.05, 4.69) is 4.90 Å². The maximum absolute atomic E-state index is 11.9. The van der Waals surface area contributed by atoms with Crippen molar-refractivity contribution in [1.29, 1.82) is 0 Å². The lowest BCUT2D eigenvalue weighted by atomic mass is 10.1. The summed E-state index contributed by atoms with van der Waals surface area (Å²) in [5.74, 6) is 0.125. The minimum atomic E-state index is -0.00603. The lowest BCUT2D eigenvalue weighted by Crippen LogP contribution is -2.35. The van der Waals surface area contributed by atoms with E-state index in [4.69, 9.17) is 10.5 Å². The van der Waals surface area contributed by atoms with Crippen molar-refractivity contribution < 1.29 is 9.53 Å². The van der Waals surface area contributed by atoms with Gasteiger partial charge in [-0.25, -0.2) is 0 Å². The summed E-state index contributed by atoms with van der Waals surface area (Å²) in [4.78, 5) is 14.9. The van der Waals surface area contributed by atoms with Gasteiger partial charge in [-0.2, -0.15) is 0 Å². The number of nitrogen functional groups attached to an aromatic ring is 1. The topological polar surface area (TPSA) is 55.6 Å². The van der Waals surface area contributed by atoms with Gasteiger partial charge in [-0.1, -0.05) is 13.8 Å². The van der Waals surface area contributed by atoms with Crippen molar-refractivity contribution in [2.45, 2.75) is 13.8 Å². The molecule has 1 aliphatic heterocycles. The Morgan fingerprint density at radius 1 is 1.47 bits per heavy atom. The highest BCUT2D eigenvalue weighted by Crippen LogP contribution is 2.34. The molecular formula is C12H18N2O2S. The van der Waals surface area contributed by atoms with E-state index in [0.29, 0.717) is 10.6 Å². The fourth-order valence-corrected chi connectivity index (χ4v) is 3.01. The van der Waals surface area contributed by atoms with E-state index in [1.54, 1.807) is 0 Å². The lowest BCUT2D eigenvalue weighted by molar-refractivity contribution is 0.0944. The highest BCUT2D eigenvalue weighted by atomic mass is 32.1. The van der Waals surface area contributed by atoms with Crippen LogP contribution in [-0.2, 0) is 4.74 Å². The number of rotatable bonds is 3. The van der Waals surface area contributed by atoms with Crippen molar-refractivity contribution in [2.24, 2.45) is 5.92 Å². The average molecular weight is 254 g/mol. The third-order valence-corrected chi connectivity index (χ3v) is 4.04. The molecule has 17 heavy (non-hydrogen) atoms. The van der Waals surface area contributed by atoms with Gasteiger partial charge in [-0.05, 0) is 6.07 Å². The first kappa shape index (κ1) is 12.4. The van der Waals surface area contributed by atoms with Gasteiger partial charge in [-0.15, -0.1) is 11.3 Å². The first-order chi connectivity index (χ1) is 8.09. The molecule has 0 spiro atoms. The second-order valence-electron chi connectivity index (χ2n) is 4.49. The zero-order valence-corrected chi connectivity index (χ0v) is 11.0. The van der Waals surface area contributed by atoms with Gasteiger partial charge in [0.15, 0.2) is 5.78 Å². The molecule has 0 atom stereocenters. The summed E-state index contributed by atoms with van der Waals surface area (Å²) < 4.78 is 5.31. The SMILES string of the molecule is CC(C)C(=O)c1sc(N2CCOCC2)cc1N. The van der Waals surface area contributed by atoms with Gasteiger partial charge in [0.2, 0.25) is 0 Å². The molecule has 0 bridgehead atoms. The second-order valence-corrected chi connectivity index (χ2v) is 5.52. The molecule has 1 aromatic rings. The molecule has 1 aliphatic rings. The Hall–Kier alpha value is -1.07. The Kier molecular flexibility index (Phi) is 3.69. The van der Waals surface area contributed by atoms with Gasteiger partial charge in [-0.3, -0.25) is 4.79 Å². The molecule has 4 nitrogen and oxygen atoms in total. The van der Waals surface area contributed by atoms with Crippen molar-refractivity contribution >= 4 is 27.8 Å². The number of Topliss-reactive ketones (excluding diaryl/α,β-unsaturated/α-hetero) is 1. The molecular weight excluding hydrogens is 236 g/mol. The van der Waals surface area contributed by atoms with Crippen LogP contribution in [0.2, 0.25) is 0 Å². The van der Waals surface area contributed by atoms with Crippen LogP contribution in [0.1, 0.15) is 23.5 Å². The third kappa shape index (κ3) is 2.61. The molecule has 0 aliphatic carbocycles. The largest absolute Gasteiger partial charge is 0.397 e. The Morgan fingerprint density at radius 2 is 2.12 bits per heavy atom. The first-order valence-electron chi connectivity index (χ1n) is 5.86. The van der Waals surface area contributed by atoms with Crippen molar-refractivity contribution in [3.8, 4) is 0 Å². The maximum atomic E-state index is 11.9. The molecule has 0 saturated carbocycles. The predicted molar refractivity (Wildman–Crippen MR) is 70.9 cm³/mol. The van der Waals surface area contributed by atoms with Crippen LogP contribution in [0.5, 0.6) is 0 Å². The molecule has 2 rings (SSSR count). The number of carbonyl (C=O) groups is 1. The maximum Gasteiger partial charge on any atom is 0.177 e. The van der Waals surface area contributed by atoms with Crippen molar-refractivity contribution in [3.63, 3.8) is 0 Å². The van der Waals surface area contributed by atoms with Crippen LogP contribution in [0.3, 0.4) is 0 Å². The van der Waals surface area contributed by atoms with Crippen LogP contribution in [0, 0.1) is 5.92 Å². The minimum Gasteiger partial charge on any atom is -0.397 e. The Bertz CT molecular complexity index is 409. The number of nitrogens with two attached hydrogens (primary N) is 1. The molecule has 1 fully saturated rings. The number of ether oxygens (including phenoxy) is 1. The Balaban J connectivity index is 2.20. The van der Waals surface area contributed by atoms with Gasteiger partial charge in [0.05, 0.1) is 28.8 Å². The van der Waals surface area contributed by atoms with E-state index in [1.165, 1.54) is 11.3 Å². The number of carbonyl (C=O) groups excluding carboxylic acids is 1. The average Bonchev–Trinajstić information content (AvgIpc) is 2.71. The summed E-state index contributed by atoms with van der Waals surface area (Å²) in [7, 11) is 0. The molecule has 0 amide bonds.